The fourth-order valence-corrected chi connectivity index (χ4v) is 2.55. The summed E-state index contributed by atoms with van der Waals surface area (Å²) < 4.78 is 10.3. The van der Waals surface area contributed by atoms with Gasteiger partial charge in [-0.2, -0.15) is 0 Å². The highest BCUT2D eigenvalue weighted by Gasteiger charge is 2.27. The molecular formula is C22H25NO5. The summed E-state index contributed by atoms with van der Waals surface area (Å²) in [7, 11) is 0. The van der Waals surface area contributed by atoms with Crippen LogP contribution in [0.5, 0.6) is 0 Å². The SMILES string of the molecule is CC(C)[C@H](NC(=O)OCc1ccccc1)C(=O)CC(=O)OCc1ccccc1. The molecule has 0 aliphatic heterocycles. The van der Waals surface area contributed by atoms with Crippen LogP contribution < -0.4 is 5.32 Å². The van der Waals surface area contributed by atoms with Crippen LogP contribution in [0.25, 0.3) is 0 Å². The molecule has 0 saturated heterocycles. The fourth-order valence-electron chi connectivity index (χ4n) is 2.55. The number of rotatable bonds is 9. The van der Waals surface area contributed by atoms with E-state index in [1.165, 1.54) is 0 Å². The van der Waals surface area contributed by atoms with Crippen molar-refractivity contribution >= 4 is 17.8 Å². The van der Waals surface area contributed by atoms with Crippen LogP contribution in [0.2, 0.25) is 0 Å². The van der Waals surface area contributed by atoms with E-state index in [1.54, 1.807) is 13.8 Å². The van der Waals surface area contributed by atoms with Gasteiger partial charge in [0.25, 0.3) is 0 Å². The first-order valence-electron chi connectivity index (χ1n) is 9.15. The Morgan fingerprint density at radius 3 is 1.82 bits per heavy atom. The summed E-state index contributed by atoms with van der Waals surface area (Å²) in [6, 6.07) is 17.6. The average molecular weight is 383 g/mol. The molecule has 1 N–H and O–H groups in total. The number of amides is 1. The normalized spacial score (nSPS) is 11.5. The molecule has 0 bridgehead atoms. The van der Waals surface area contributed by atoms with Gasteiger partial charge in [-0.1, -0.05) is 74.5 Å². The van der Waals surface area contributed by atoms with Crippen molar-refractivity contribution in [3.63, 3.8) is 0 Å². The molecule has 1 amide bonds. The lowest BCUT2D eigenvalue weighted by molar-refractivity contribution is -0.147. The molecule has 0 aliphatic carbocycles. The van der Waals surface area contributed by atoms with Crippen LogP contribution in [0.15, 0.2) is 60.7 Å². The molecule has 0 fully saturated rings. The molecule has 0 aliphatic rings. The summed E-state index contributed by atoms with van der Waals surface area (Å²) in [5.41, 5.74) is 1.68. The topological polar surface area (TPSA) is 81.7 Å². The average Bonchev–Trinajstić information content (AvgIpc) is 2.70. The van der Waals surface area contributed by atoms with Crippen molar-refractivity contribution in [2.75, 3.05) is 0 Å². The second kappa shape index (κ2) is 10.9. The van der Waals surface area contributed by atoms with Crippen LogP contribution in [-0.2, 0) is 32.3 Å². The highest BCUT2D eigenvalue weighted by Crippen LogP contribution is 2.09. The Hall–Kier alpha value is -3.15. The molecule has 6 nitrogen and oxygen atoms in total. The zero-order chi connectivity index (χ0) is 20.4. The monoisotopic (exact) mass is 383 g/mol. The molecule has 0 unspecified atom stereocenters. The van der Waals surface area contributed by atoms with Gasteiger partial charge in [-0.15, -0.1) is 0 Å². The van der Waals surface area contributed by atoms with Gasteiger partial charge in [-0.3, -0.25) is 9.59 Å². The minimum atomic E-state index is -0.826. The van der Waals surface area contributed by atoms with Crippen molar-refractivity contribution in [1.29, 1.82) is 0 Å². The smallest absolute Gasteiger partial charge is 0.408 e. The summed E-state index contributed by atoms with van der Waals surface area (Å²) in [6.07, 6.45) is -1.11. The van der Waals surface area contributed by atoms with E-state index in [0.717, 1.165) is 11.1 Å². The van der Waals surface area contributed by atoms with Gasteiger partial charge in [0, 0.05) is 0 Å². The maximum Gasteiger partial charge on any atom is 0.408 e. The van der Waals surface area contributed by atoms with Crippen molar-refractivity contribution in [2.45, 2.75) is 39.5 Å². The maximum absolute atomic E-state index is 12.4. The quantitative estimate of drug-likeness (QED) is 0.528. The molecule has 28 heavy (non-hydrogen) atoms. The van der Waals surface area contributed by atoms with Crippen molar-refractivity contribution in [3.05, 3.63) is 71.8 Å². The van der Waals surface area contributed by atoms with E-state index in [2.05, 4.69) is 5.32 Å². The predicted molar refractivity (Wildman–Crippen MR) is 104 cm³/mol. The molecule has 6 heteroatoms. The number of hydrogen-bond acceptors (Lipinski definition) is 5. The third kappa shape index (κ3) is 7.23. The van der Waals surface area contributed by atoms with Crippen molar-refractivity contribution in [3.8, 4) is 0 Å². The van der Waals surface area contributed by atoms with E-state index in [4.69, 9.17) is 9.47 Å². The number of carbonyl (C=O) groups excluding carboxylic acids is 3. The number of nitrogens with one attached hydrogen (secondary N) is 1. The Balaban J connectivity index is 1.81. The molecule has 0 saturated carbocycles. The van der Waals surface area contributed by atoms with Gasteiger partial charge < -0.3 is 14.8 Å². The second-order valence-electron chi connectivity index (χ2n) is 6.72. The molecule has 0 radical (unpaired) electrons. The summed E-state index contributed by atoms with van der Waals surface area (Å²) in [4.78, 5) is 36.4. The van der Waals surface area contributed by atoms with Crippen LogP contribution in [0.4, 0.5) is 4.79 Å². The van der Waals surface area contributed by atoms with Crippen LogP contribution in [0, 0.1) is 5.92 Å². The lowest BCUT2D eigenvalue weighted by Crippen LogP contribution is -2.45. The highest BCUT2D eigenvalue weighted by atomic mass is 16.5. The standard InChI is InChI=1S/C22H25NO5/c1-16(2)21(23-22(26)28-15-18-11-7-4-8-12-18)19(24)13-20(25)27-14-17-9-5-3-6-10-17/h3-12,16,21H,13-15H2,1-2H3,(H,23,26)/t21-/m0/s1. The Kier molecular flexibility index (Phi) is 8.21. The Labute approximate surface area is 164 Å². The minimum absolute atomic E-state index is 0.102. The summed E-state index contributed by atoms with van der Waals surface area (Å²) in [5, 5.41) is 2.55. The lowest BCUT2D eigenvalue weighted by Gasteiger charge is -2.20. The van der Waals surface area contributed by atoms with E-state index < -0.39 is 30.3 Å². The molecule has 0 spiro atoms. The van der Waals surface area contributed by atoms with Gasteiger partial charge in [-0.25, -0.2) is 4.79 Å². The van der Waals surface area contributed by atoms with Crippen LogP contribution >= 0.6 is 0 Å². The molecule has 2 aromatic rings. The first-order valence-corrected chi connectivity index (χ1v) is 9.15. The van der Waals surface area contributed by atoms with Gasteiger partial charge in [0.1, 0.15) is 19.6 Å². The summed E-state index contributed by atoms with van der Waals surface area (Å²) >= 11 is 0. The lowest BCUT2D eigenvalue weighted by atomic mass is 9.98. The molecule has 2 aromatic carbocycles. The van der Waals surface area contributed by atoms with Crippen LogP contribution in [0.1, 0.15) is 31.4 Å². The van der Waals surface area contributed by atoms with Crippen LogP contribution in [-0.4, -0.2) is 23.9 Å². The Bertz CT molecular complexity index is 774. The zero-order valence-corrected chi connectivity index (χ0v) is 16.1. The third-order valence-electron chi connectivity index (χ3n) is 4.06. The van der Waals surface area contributed by atoms with E-state index in [9.17, 15) is 14.4 Å². The van der Waals surface area contributed by atoms with E-state index >= 15 is 0 Å². The molecule has 1 atom stereocenters. The molecule has 0 aromatic heterocycles. The van der Waals surface area contributed by atoms with Crippen molar-refractivity contribution in [1.82, 2.24) is 5.32 Å². The van der Waals surface area contributed by atoms with E-state index in [1.807, 2.05) is 60.7 Å². The highest BCUT2D eigenvalue weighted by molar-refractivity contribution is 5.99. The summed E-state index contributed by atoms with van der Waals surface area (Å²) in [5.74, 6) is -1.23. The first-order chi connectivity index (χ1) is 13.5. The van der Waals surface area contributed by atoms with Gasteiger partial charge >= 0.3 is 12.1 Å². The number of alkyl carbamates (subject to hydrolysis) is 1. The minimum Gasteiger partial charge on any atom is -0.460 e. The van der Waals surface area contributed by atoms with Gasteiger partial charge in [0.15, 0.2) is 5.78 Å². The molecular weight excluding hydrogens is 358 g/mol. The summed E-state index contributed by atoms with van der Waals surface area (Å²) in [6.45, 7) is 3.78. The Morgan fingerprint density at radius 1 is 0.821 bits per heavy atom. The van der Waals surface area contributed by atoms with Gasteiger partial charge in [-0.05, 0) is 17.0 Å². The number of ketones is 1. The zero-order valence-electron chi connectivity index (χ0n) is 16.1. The number of benzene rings is 2. The second-order valence-corrected chi connectivity index (χ2v) is 6.72. The van der Waals surface area contributed by atoms with Crippen molar-refractivity contribution in [2.24, 2.45) is 5.92 Å². The molecule has 148 valence electrons. The predicted octanol–water partition coefficient (Wildman–Crippen LogP) is 3.64. The largest absolute Gasteiger partial charge is 0.460 e. The number of hydrogen-bond donors (Lipinski definition) is 1. The van der Waals surface area contributed by atoms with Crippen LogP contribution in [0.3, 0.4) is 0 Å². The number of carbonyl (C=O) groups is 3. The first kappa shape index (κ1) is 21.2. The van der Waals surface area contributed by atoms with E-state index in [-0.39, 0.29) is 19.1 Å². The van der Waals surface area contributed by atoms with Gasteiger partial charge in [0.2, 0.25) is 0 Å². The third-order valence-corrected chi connectivity index (χ3v) is 4.06. The van der Waals surface area contributed by atoms with E-state index in [0.29, 0.717) is 0 Å². The number of Topliss-reactive ketones (excluding diaryl/α,β-unsaturated/α-hetero) is 1. The van der Waals surface area contributed by atoms with Gasteiger partial charge in [0.05, 0.1) is 6.04 Å². The fraction of sp³-hybridized carbons (Fsp3) is 0.318. The number of ether oxygens (including phenoxy) is 2. The number of esters is 1. The molecule has 2 rings (SSSR count). The van der Waals surface area contributed by atoms with Crippen molar-refractivity contribution < 1.29 is 23.9 Å². The molecule has 0 heterocycles. The maximum atomic E-state index is 12.4. The Morgan fingerprint density at radius 2 is 1.32 bits per heavy atom.